The van der Waals surface area contributed by atoms with Crippen LogP contribution in [0, 0.1) is 0 Å². The van der Waals surface area contributed by atoms with Gasteiger partial charge in [0.25, 0.3) is 0 Å². The van der Waals surface area contributed by atoms with Crippen molar-refractivity contribution in [3.8, 4) is 0 Å². The highest BCUT2D eigenvalue weighted by Crippen LogP contribution is 2.16. The Balaban J connectivity index is 2.10. The summed E-state index contributed by atoms with van der Waals surface area (Å²) in [5.74, 6) is -0.271. The normalized spacial score (nSPS) is 11.6. The fourth-order valence-corrected chi connectivity index (χ4v) is 1.95. The predicted octanol–water partition coefficient (Wildman–Crippen LogP) is 4.30. The molecule has 0 radical (unpaired) electrons. The average molecular weight is 269 g/mol. The molecule has 0 fully saturated rings. The van der Waals surface area contributed by atoms with Crippen LogP contribution in [0.15, 0.2) is 47.6 Å². The summed E-state index contributed by atoms with van der Waals surface area (Å²) in [6.07, 6.45) is 2.23. The first-order chi connectivity index (χ1) is 9.70. The van der Waals surface area contributed by atoms with Gasteiger partial charge in [-0.25, -0.2) is 4.79 Å². The number of unbranched alkanes of at least 4 members (excludes halogenated alkanes) is 1. The van der Waals surface area contributed by atoms with Gasteiger partial charge in [-0.05, 0) is 35.7 Å². The van der Waals surface area contributed by atoms with E-state index >= 15 is 0 Å². The highest BCUT2D eigenvalue weighted by molar-refractivity contribution is 6.01. The molecule has 0 bridgehead atoms. The molecule has 2 aromatic rings. The highest BCUT2D eigenvalue weighted by Gasteiger charge is 2.04. The zero-order valence-electron chi connectivity index (χ0n) is 11.9. The number of nitrogens with zero attached hydrogens (tertiary/aromatic N) is 1. The molecule has 0 aliphatic carbocycles. The fourth-order valence-electron chi connectivity index (χ4n) is 1.95. The molecule has 0 spiro atoms. The summed E-state index contributed by atoms with van der Waals surface area (Å²) >= 11 is 0. The monoisotopic (exact) mass is 269 g/mol. The standard InChI is InChI=1S/C17H19NO2/c1-3-4-9-17(19)20-18-13(2)15-11-10-14-7-5-6-8-16(14)12-15/h5-8,10-12H,3-4,9H2,1-2H3/b18-13+. The zero-order chi connectivity index (χ0) is 14.4. The van der Waals surface area contributed by atoms with Gasteiger partial charge in [0.2, 0.25) is 0 Å². The molecule has 0 N–H and O–H groups in total. The lowest BCUT2D eigenvalue weighted by Gasteiger charge is -2.03. The van der Waals surface area contributed by atoms with E-state index in [9.17, 15) is 4.79 Å². The van der Waals surface area contributed by atoms with Gasteiger partial charge in [0.05, 0.1) is 5.71 Å². The molecular weight excluding hydrogens is 250 g/mol. The molecule has 0 saturated carbocycles. The molecule has 0 aromatic heterocycles. The molecule has 0 amide bonds. The number of carbonyl (C=O) groups excluding carboxylic acids is 1. The molecule has 3 heteroatoms. The average Bonchev–Trinajstić information content (AvgIpc) is 2.50. The van der Waals surface area contributed by atoms with E-state index in [4.69, 9.17) is 4.84 Å². The Bertz CT molecular complexity index is 632. The molecule has 2 aromatic carbocycles. The zero-order valence-corrected chi connectivity index (χ0v) is 11.9. The van der Waals surface area contributed by atoms with Gasteiger partial charge in [-0.3, -0.25) is 0 Å². The lowest BCUT2D eigenvalue weighted by Crippen LogP contribution is -2.03. The second kappa shape index (κ2) is 6.85. The van der Waals surface area contributed by atoms with E-state index in [2.05, 4.69) is 17.3 Å². The predicted molar refractivity (Wildman–Crippen MR) is 81.8 cm³/mol. The van der Waals surface area contributed by atoms with Crippen molar-refractivity contribution in [1.29, 1.82) is 0 Å². The van der Waals surface area contributed by atoms with Crippen molar-refractivity contribution in [2.45, 2.75) is 33.1 Å². The minimum Gasteiger partial charge on any atom is -0.318 e. The van der Waals surface area contributed by atoms with Gasteiger partial charge < -0.3 is 4.84 Å². The largest absolute Gasteiger partial charge is 0.335 e. The third-order valence-electron chi connectivity index (χ3n) is 3.19. The van der Waals surface area contributed by atoms with Crippen LogP contribution in [0.2, 0.25) is 0 Å². The Morgan fingerprint density at radius 1 is 1.15 bits per heavy atom. The van der Waals surface area contributed by atoms with Crippen LogP contribution in [0.25, 0.3) is 10.8 Å². The van der Waals surface area contributed by atoms with Crippen molar-refractivity contribution >= 4 is 22.5 Å². The van der Waals surface area contributed by atoms with Crippen LogP contribution in [0.3, 0.4) is 0 Å². The summed E-state index contributed by atoms with van der Waals surface area (Å²) in [5.41, 5.74) is 1.67. The Morgan fingerprint density at radius 2 is 1.90 bits per heavy atom. The first kappa shape index (κ1) is 14.3. The Kier molecular flexibility index (Phi) is 4.88. The summed E-state index contributed by atoms with van der Waals surface area (Å²) < 4.78 is 0. The number of hydrogen-bond donors (Lipinski definition) is 0. The Hall–Kier alpha value is -2.16. The molecule has 3 nitrogen and oxygen atoms in total. The number of rotatable bonds is 5. The summed E-state index contributed by atoms with van der Waals surface area (Å²) in [6.45, 7) is 3.88. The van der Waals surface area contributed by atoms with Crippen molar-refractivity contribution < 1.29 is 9.63 Å². The van der Waals surface area contributed by atoms with Gasteiger partial charge in [-0.15, -0.1) is 0 Å². The highest BCUT2D eigenvalue weighted by atomic mass is 16.7. The summed E-state index contributed by atoms with van der Waals surface area (Å²) in [5, 5.41) is 6.26. The smallest absolute Gasteiger partial charge is 0.318 e. The van der Waals surface area contributed by atoms with E-state index in [0.717, 1.165) is 23.8 Å². The van der Waals surface area contributed by atoms with E-state index < -0.39 is 0 Å². The van der Waals surface area contributed by atoms with E-state index in [1.54, 1.807) is 0 Å². The molecule has 0 atom stereocenters. The summed E-state index contributed by atoms with van der Waals surface area (Å²) in [7, 11) is 0. The third kappa shape index (κ3) is 3.67. The van der Waals surface area contributed by atoms with Crippen LogP contribution in [-0.4, -0.2) is 11.7 Å². The Labute approximate surface area is 119 Å². The van der Waals surface area contributed by atoms with E-state index in [0.29, 0.717) is 12.1 Å². The number of fused-ring (bicyclic) bond motifs is 1. The molecule has 104 valence electrons. The lowest BCUT2D eigenvalue weighted by atomic mass is 10.0. The van der Waals surface area contributed by atoms with Crippen molar-refractivity contribution in [3.05, 3.63) is 48.0 Å². The van der Waals surface area contributed by atoms with E-state index in [1.807, 2.05) is 44.2 Å². The molecule has 2 rings (SSSR count). The molecule has 0 saturated heterocycles. The molecule has 0 unspecified atom stereocenters. The maximum absolute atomic E-state index is 11.4. The minimum atomic E-state index is -0.271. The van der Waals surface area contributed by atoms with Gasteiger partial charge in [0, 0.05) is 6.42 Å². The fraction of sp³-hybridized carbons (Fsp3) is 0.294. The van der Waals surface area contributed by atoms with Gasteiger partial charge in [0.15, 0.2) is 0 Å². The topological polar surface area (TPSA) is 38.7 Å². The van der Waals surface area contributed by atoms with Crippen molar-refractivity contribution in [3.63, 3.8) is 0 Å². The quantitative estimate of drug-likeness (QED) is 0.461. The van der Waals surface area contributed by atoms with Crippen LogP contribution in [-0.2, 0) is 9.63 Å². The van der Waals surface area contributed by atoms with E-state index in [-0.39, 0.29) is 5.97 Å². The molecule has 20 heavy (non-hydrogen) atoms. The second-order valence-corrected chi connectivity index (χ2v) is 4.81. The molecule has 0 aliphatic rings. The number of benzene rings is 2. The van der Waals surface area contributed by atoms with Gasteiger partial charge in [-0.1, -0.05) is 54.9 Å². The molecule has 0 aliphatic heterocycles. The van der Waals surface area contributed by atoms with Crippen LogP contribution in [0.1, 0.15) is 38.7 Å². The second-order valence-electron chi connectivity index (χ2n) is 4.81. The van der Waals surface area contributed by atoms with Crippen molar-refractivity contribution in [2.24, 2.45) is 5.16 Å². The van der Waals surface area contributed by atoms with Gasteiger partial charge >= 0.3 is 5.97 Å². The third-order valence-corrected chi connectivity index (χ3v) is 3.19. The lowest BCUT2D eigenvalue weighted by molar-refractivity contribution is -0.143. The minimum absolute atomic E-state index is 0.271. The van der Waals surface area contributed by atoms with Crippen LogP contribution < -0.4 is 0 Å². The maximum atomic E-state index is 11.4. The summed E-state index contributed by atoms with van der Waals surface area (Å²) in [4.78, 5) is 16.3. The van der Waals surface area contributed by atoms with Gasteiger partial charge in [-0.2, -0.15) is 0 Å². The van der Waals surface area contributed by atoms with Crippen LogP contribution in [0.5, 0.6) is 0 Å². The molecule has 0 heterocycles. The molecular formula is C17H19NO2. The van der Waals surface area contributed by atoms with Crippen molar-refractivity contribution in [1.82, 2.24) is 0 Å². The maximum Gasteiger partial charge on any atom is 0.335 e. The summed E-state index contributed by atoms with van der Waals surface area (Å²) in [6, 6.07) is 14.2. The van der Waals surface area contributed by atoms with E-state index in [1.165, 1.54) is 5.39 Å². The van der Waals surface area contributed by atoms with Gasteiger partial charge in [0.1, 0.15) is 0 Å². The first-order valence-electron chi connectivity index (χ1n) is 6.94. The number of hydrogen-bond acceptors (Lipinski definition) is 3. The number of oxime groups is 1. The van der Waals surface area contributed by atoms with Crippen LogP contribution in [0.4, 0.5) is 0 Å². The SMILES string of the molecule is CCCCC(=O)O/N=C(\C)c1ccc2ccccc2c1. The first-order valence-corrected chi connectivity index (χ1v) is 6.94. The van der Waals surface area contributed by atoms with Crippen molar-refractivity contribution in [2.75, 3.05) is 0 Å². The Morgan fingerprint density at radius 3 is 2.65 bits per heavy atom. The number of carbonyl (C=O) groups is 1. The van der Waals surface area contributed by atoms with Crippen LogP contribution >= 0.6 is 0 Å².